The molecule has 4 N–H and O–H groups in total. The zero-order chi connectivity index (χ0) is 37.6. The van der Waals surface area contributed by atoms with E-state index in [2.05, 4.69) is 38.0 Å². The van der Waals surface area contributed by atoms with Crippen LogP contribution in [0.25, 0.3) is 90.4 Å². The third-order valence-corrected chi connectivity index (χ3v) is 8.95. The zero-order valence-corrected chi connectivity index (χ0v) is 32.5. The molecule has 0 atom stereocenters. The van der Waals surface area contributed by atoms with E-state index in [0.717, 1.165) is 83.2 Å². The molecule has 0 saturated carbocycles. The normalized spacial score (nSPS) is 11.3. The van der Waals surface area contributed by atoms with Gasteiger partial charge in [-0.3, -0.25) is 0 Å². The summed E-state index contributed by atoms with van der Waals surface area (Å²) in [6.07, 6.45) is 2.21. The van der Waals surface area contributed by atoms with E-state index in [0.29, 0.717) is 46.2 Å². The number of fused-ring (bicyclic) bond motifs is 20. The summed E-state index contributed by atoms with van der Waals surface area (Å²) in [5.41, 5.74) is 17.0. The summed E-state index contributed by atoms with van der Waals surface area (Å²) in [7, 11) is 8.20. The van der Waals surface area contributed by atoms with E-state index in [1.807, 2.05) is 97.1 Å². The van der Waals surface area contributed by atoms with Crippen LogP contribution in [0.1, 0.15) is 12.8 Å². The van der Waals surface area contributed by atoms with Crippen molar-refractivity contribution in [1.82, 2.24) is 49.7 Å². The first-order chi connectivity index (χ1) is 26.3. The van der Waals surface area contributed by atoms with Crippen LogP contribution in [0, 0.1) is 0 Å². The first kappa shape index (κ1) is 39.3. The van der Waals surface area contributed by atoms with Gasteiger partial charge in [0, 0.05) is 45.5 Å². The van der Waals surface area contributed by atoms with E-state index < -0.39 is 0 Å². The van der Waals surface area contributed by atoms with Gasteiger partial charge in [0.15, 0.2) is 5.82 Å². The molecule has 2 aromatic heterocycles. The van der Waals surface area contributed by atoms with Crippen LogP contribution >= 0.6 is 0 Å². The molecule has 5 heterocycles. The van der Waals surface area contributed by atoms with Gasteiger partial charge >= 0.3 is 16.8 Å². The van der Waals surface area contributed by atoms with Crippen molar-refractivity contribution in [2.24, 2.45) is 11.5 Å². The fraction of sp³-hybridized carbons (Fsp3) is 0.238. The van der Waals surface area contributed by atoms with Crippen molar-refractivity contribution in [2.75, 3.05) is 54.4 Å². The van der Waals surface area contributed by atoms with Gasteiger partial charge in [0.05, 0.1) is 11.6 Å². The number of aromatic nitrogens is 8. The van der Waals surface area contributed by atoms with Gasteiger partial charge in [0.1, 0.15) is 0 Å². The molecule has 8 bridgehead atoms. The summed E-state index contributed by atoms with van der Waals surface area (Å²) in [5, 5.41) is 1.79. The third-order valence-electron chi connectivity index (χ3n) is 8.95. The minimum atomic E-state index is 0. The molecule has 55 heavy (non-hydrogen) atoms. The summed E-state index contributed by atoms with van der Waals surface area (Å²) in [6.45, 7) is 3.82. The van der Waals surface area contributed by atoms with E-state index in [1.165, 1.54) is 0 Å². The number of nitrogens with zero attached hydrogens (tertiary/aromatic N) is 10. The molecule has 13 heteroatoms. The van der Waals surface area contributed by atoms with Crippen molar-refractivity contribution in [3.05, 3.63) is 97.1 Å². The summed E-state index contributed by atoms with van der Waals surface area (Å²) in [4.78, 5) is 43.5. The Balaban J connectivity index is 0.000000296. The average molecular weight is 776 g/mol. The quantitative estimate of drug-likeness (QED) is 0.208. The van der Waals surface area contributed by atoms with Gasteiger partial charge in [-0.25, -0.2) is 9.97 Å². The molecular weight excluding hydrogens is 731 g/mol. The summed E-state index contributed by atoms with van der Waals surface area (Å²) >= 11 is 0. The number of hydrogen-bond donors (Lipinski definition) is 2. The Hall–Kier alpha value is -5.41. The molecule has 0 fully saturated rings. The topological polar surface area (TPSA) is 164 Å². The van der Waals surface area contributed by atoms with E-state index in [9.17, 15) is 0 Å². The molecular formula is C42H44CoN12. The molecule has 6 aromatic rings. The van der Waals surface area contributed by atoms with Crippen LogP contribution in [0.15, 0.2) is 97.1 Å². The average Bonchev–Trinajstić information content (AvgIpc) is 3.92. The molecule has 0 spiro atoms. The van der Waals surface area contributed by atoms with Gasteiger partial charge in [-0.2, -0.15) is 0 Å². The Morgan fingerprint density at radius 1 is 0.436 bits per heavy atom. The molecule has 0 aliphatic carbocycles. The molecule has 0 saturated heterocycles. The van der Waals surface area contributed by atoms with Gasteiger partial charge in [-0.1, -0.05) is 97.1 Å². The van der Waals surface area contributed by atoms with Gasteiger partial charge in [-0.15, -0.1) is 0 Å². The van der Waals surface area contributed by atoms with E-state index in [1.54, 1.807) is 0 Å². The number of rotatable bonds is 6. The van der Waals surface area contributed by atoms with Crippen LogP contribution in [0.3, 0.4) is 0 Å². The summed E-state index contributed by atoms with van der Waals surface area (Å²) in [6, 6.07) is 31.8. The maximum Gasteiger partial charge on any atom is 2.00 e. The van der Waals surface area contributed by atoms with Crippen molar-refractivity contribution in [2.45, 2.75) is 12.8 Å². The molecule has 3 aliphatic rings. The molecule has 12 nitrogen and oxygen atoms in total. The van der Waals surface area contributed by atoms with Crippen LogP contribution < -0.4 is 21.4 Å². The van der Waals surface area contributed by atoms with Crippen molar-refractivity contribution >= 4 is 22.1 Å². The second-order valence-electron chi connectivity index (χ2n) is 13.6. The first-order valence-corrected chi connectivity index (χ1v) is 18.1. The minimum Gasteiger partial charge on any atom is -0.357 e. The standard InChI is InChI=1S/C32H16N8.2C5H14N2.Co/c1-2-10-18-17(9-1)25-33-26(18)38-28-21-13-5-6-14-22(21)30(35-28)40-32-24-16-8-7-15-23(24)31(36-32)39-29-20-12-4-3-11-19(20)27(34-29)37-25;2*1-7(2)5-3-4-6;/h1-16H;2*3-6H2,1-2H3;/q-2;;;+2. The van der Waals surface area contributed by atoms with Crippen molar-refractivity contribution in [3.63, 3.8) is 0 Å². The fourth-order valence-corrected chi connectivity index (χ4v) is 6.27. The molecule has 0 unspecified atom stereocenters. The Bertz CT molecular complexity index is 2300. The maximum atomic E-state index is 5.25. The molecule has 0 amide bonds. The Kier molecular flexibility index (Phi) is 12.7. The number of benzene rings is 4. The van der Waals surface area contributed by atoms with Crippen molar-refractivity contribution in [3.8, 4) is 68.3 Å². The van der Waals surface area contributed by atoms with E-state index in [4.69, 9.17) is 51.3 Å². The number of nitrogens with two attached hydrogens (primary N) is 2. The second-order valence-corrected chi connectivity index (χ2v) is 13.6. The summed E-state index contributed by atoms with van der Waals surface area (Å²) < 4.78 is 0. The Morgan fingerprint density at radius 2 is 0.764 bits per heavy atom. The predicted octanol–water partition coefficient (Wildman–Crippen LogP) is 5.82. The zero-order valence-electron chi connectivity index (χ0n) is 31.4. The third kappa shape index (κ3) is 8.62. The molecule has 9 rings (SSSR count). The van der Waals surface area contributed by atoms with Gasteiger partial charge in [-0.05, 0) is 94.7 Å². The van der Waals surface area contributed by atoms with Gasteiger partial charge in [0.25, 0.3) is 0 Å². The fourth-order valence-electron chi connectivity index (χ4n) is 6.27. The molecule has 4 aromatic carbocycles. The molecule has 281 valence electrons. The van der Waals surface area contributed by atoms with Gasteiger partial charge in [0.2, 0.25) is 0 Å². The Morgan fingerprint density at radius 3 is 1.15 bits per heavy atom. The van der Waals surface area contributed by atoms with Crippen molar-refractivity contribution in [1.29, 1.82) is 0 Å². The smallest absolute Gasteiger partial charge is 0.357 e. The Labute approximate surface area is 331 Å². The molecule has 1 radical (unpaired) electrons. The van der Waals surface area contributed by atoms with Crippen LogP contribution in [0.4, 0.5) is 0 Å². The van der Waals surface area contributed by atoms with Crippen molar-refractivity contribution < 1.29 is 16.8 Å². The molecule has 3 aliphatic heterocycles. The summed E-state index contributed by atoms with van der Waals surface area (Å²) in [5.74, 6) is 3.31. The monoisotopic (exact) mass is 775 g/mol. The SMILES string of the molecule is CN(C)CCCN.CN(C)CCCN.[Co+2].c1ccc2c(c1)-c1nc-2nc2[n-]c(nc3nc([n-]c4nc(n1)-c1ccccc1-4)-c1ccccc1-3)c1ccccc21. The largest absolute Gasteiger partial charge is 2.00 e. The maximum absolute atomic E-state index is 5.25. The number of hydrogen-bond acceptors (Lipinski definition) is 10. The second kappa shape index (κ2) is 17.8. The van der Waals surface area contributed by atoms with E-state index in [-0.39, 0.29) is 16.8 Å². The van der Waals surface area contributed by atoms with Crippen LogP contribution in [-0.2, 0) is 16.8 Å². The first-order valence-electron chi connectivity index (χ1n) is 18.1. The van der Waals surface area contributed by atoms with Gasteiger partial charge < -0.3 is 51.2 Å². The van der Waals surface area contributed by atoms with Crippen LogP contribution in [-0.4, -0.2) is 94.1 Å². The van der Waals surface area contributed by atoms with Crippen LogP contribution in [0.5, 0.6) is 0 Å². The van der Waals surface area contributed by atoms with Crippen LogP contribution in [0.2, 0.25) is 0 Å². The van der Waals surface area contributed by atoms with E-state index >= 15 is 0 Å². The minimum absolute atomic E-state index is 0. The predicted molar refractivity (Wildman–Crippen MR) is 217 cm³/mol.